The van der Waals surface area contributed by atoms with Crippen molar-refractivity contribution in [2.24, 2.45) is 7.05 Å². The molecule has 0 aliphatic rings. The Kier molecular flexibility index (Phi) is 4.12. The minimum atomic E-state index is 0.414. The van der Waals surface area contributed by atoms with E-state index < -0.39 is 0 Å². The van der Waals surface area contributed by atoms with E-state index >= 15 is 0 Å². The first-order valence-electron chi connectivity index (χ1n) is 5.17. The normalized spacial score (nSPS) is 9.88. The lowest BCUT2D eigenvalue weighted by atomic mass is 10.2. The monoisotopic (exact) mass is 241 g/mol. The molecule has 0 aliphatic heterocycles. The van der Waals surface area contributed by atoms with Gasteiger partial charge in [0.1, 0.15) is 5.15 Å². The molecule has 0 aliphatic carbocycles. The van der Waals surface area contributed by atoms with Crippen molar-refractivity contribution in [3.05, 3.63) is 16.9 Å². The molecule has 5 heteroatoms. The van der Waals surface area contributed by atoms with Gasteiger partial charge in [0.05, 0.1) is 23.7 Å². The number of rotatable bonds is 1. The van der Waals surface area contributed by atoms with E-state index in [1.165, 1.54) is 0 Å². The molecule has 0 N–H and O–H groups in total. The van der Waals surface area contributed by atoms with Crippen LogP contribution in [-0.2, 0) is 7.05 Å². The lowest BCUT2D eigenvalue weighted by Crippen LogP contribution is -1.91. The maximum Gasteiger partial charge on any atom is 0.226 e. The maximum atomic E-state index is 5.85. The Balaban J connectivity index is 0.000000606. The van der Waals surface area contributed by atoms with Crippen molar-refractivity contribution in [2.45, 2.75) is 20.8 Å². The number of aryl methyl sites for hydroxylation is 2. The predicted octanol–water partition coefficient (Wildman–Crippen LogP) is 2.96. The van der Waals surface area contributed by atoms with Crippen LogP contribution in [0, 0.1) is 6.92 Å². The summed E-state index contributed by atoms with van der Waals surface area (Å²) in [6, 6.07) is 1.78. The standard InChI is InChI=1S/C9H10ClN3O.C2H6/c1-5-8-6(13(2)12-5)4-7(10)11-9(8)14-3;1-2/h4H,1-3H3;1-2H3. The van der Waals surface area contributed by atoms with Gasteiger partial charge in [0.15, 0.2) is 0 Å². The Hall–Kier alpha value is -1.29. The Morgan fingerprint density at radius 2 is 2.00 bits per heavy atom. The van der Waals surface area contributed by atoms with Gasteiger partial charge in [0, 0.05) is 13.1 Å². The minimum absolute atomic E-state index is 0.414. The number of halogens is 1. The summed E-state index contributed by atoms with van der Waals surface area (Å²) in [7, 11) is 3.44. The Bertz CT molecular complexity index is 493. The van der Waals surface area contributed by atoms with Gasteiger partial charge in [-0.1, -0.05) is 25.4 Å². The summed E-state index contributed by atoms with van der Waals surface area (Å²) in [5, 5.41) is 5.61. The highest BCUT2D eigenvalue weighted by molar-refractivity contribution is 6.30. The topological polar surface area (TPSA) is 39.9 Å². The van der Waals surface area contributed by atoms with Crippen LogP contribution in [0.2, 0.25) is 5.15 Å². The van der Waals surface area contributed by atoms with Gasteiger partial charge in [-0.15, -0.1) is 0 Å². The third kappa shape index (κ3) is 2.11. The smallest absolute Gasteiger partial charge is 0.226 e. The van der Waals surface area contributed by atoms with Crippen LogP contribution in [0.3, 0.4) is 0 Å². The number of fused-ring (bicyclic) bond motifs is 1. The molecule has 16 heavy (non-hydrogen) atoms. The summed E-state index contributed by atoms with van der Waals surface area (Å²) in [5.74, 6) is 0.526. The zero-order valence-electron chi connectivity index (χ0n) is 10.2. The summed E-state index contributed by atoms with van der Waals surface area (Å²) in [5.41, 5.74) is 1.82. The molecule has 0 amide bonds. The number of hydrogen-bond acceptors (Lipinski definition) is 3. The van der Waals surface area contributed by atoms with Crippen molar-refractivity contribution in [3.63, 3.8) is 0 Å². The van der Waals surface area contributed by atoms with Gasteiger partial charge < -0.3 is 4.74 Å². The number of methoxy groups -OCH3 is 1. The summed E-state index contributed by atoms with van der Waals surface area (Å²) in [6.45, 7) is 5.92. The second-order valence-corrected chi connectivity index (χ2v) is 3.44. The second-order valence-electron chi connectivity index (χ2n) is 3.06. The van der Waals surface area contributed by atoms with Crippen LogP contribution in [-0.4, -0.2) is 21.9 Å². The molecule has 2 aromatic rings. The van der Waals surface area contributed by atoms with Crippen molar-refractivity contribution in [1.29, 1.82) is 0 Å². The Labute approximate surface area is 100 Å². The molecular formula is C11H16ClN3O. The summed E-state index contributed by atoms with van der Waals surface area (Å²) < 4.78 is 6.92. The lowest BCUT2D eigenvalue weighted by Gasteiger charge is -2.01. The third-order valence-electron chi connectivity index (χ3n) is 2.14. The zero-order chi connectivity index (χ0) is 12.3. The van der Waals surface area contributed by atoms with Gasteiger partial charge in [0.25, 0.3) is 0 Å². The lowest BCUT2D eigenvalue weighted by molar-refractivity contribution is 0.403. The zero-order valence-corrected chi connectivity index (χ0v) is 11.0. The van der Waals surface area contributed by atoms with Crippen molar-refractivity contribution < 1.29 is 4.74 Å². The molecule has 0 radical (unpaired) electrons. The van der Waals surface area contributed by atoms with Gasteiger partial charge in [-0.25, -0.2) is 4.98 Å². The fourth-order valence-electron chi connectivity index (χ4n) is 1.55. The number of hydrogen-bond donors (Lipinski definition) is 0. The Morgan fingerprint density at radius 3 is 2.56 bits per heavy atom. The molecule has 2 heterocycles. The maximum absolute atomic E-state index is 5.85. The highest BCUT2D eigenvalue weighted by atomic mass is 35.5. The van der Waals surface area contributed by atoms with Crippen LogP contribution in [0.15, 0.2) is 6.07 Å². The van der Waals surface area contributed by atoms with Crippen LogP contribution in [0.4, 0.5) is 0 Å². The van der Waals surface area contributed by atoms with Crippen LogP contribution >= 0.6 is 11.6 Å². The average Bonchev–Trinajstić information content (AvgIpc) is 2.56. The van der Waals surface area contributed by atoms with Crippen molar-refractivity contribution in [1.82, 2.24) is 14.8 Å². The predicted molar refractivity (Wildman–Crippen MR) is 66.2 cm³/mol. The molecule has 0 spiro atoms. The molecule has 2 rings (SSSR count). The van der Waals surface area contributed by atoms with Crippen LogP contribution in [0.5, 0.6) is 5.88 Å². The molecule has 4 nitrogen and oxygen atoms in total. The molecule has 0 saturated heterocycles. The number of nitrogens with zero attached hydrogens (tertiary/aromatic N) is 3. The fourth-order valence-corrected chi connectivity index (χ4v) is 1.73. The highest BCUT2D eigenvalue weighted by Crippen LogP contribution is 2.28. The van der Waals surface area contributed by atoms with Crippen molar-refractivity contribution in [2.75, 3.05) is 7.11 Å². The summed E-state index contributed by atoms with van der Waals surface area (Å²) in [6.07, 6.45) is 0. The van der Waals surface area contributed by atoms with Gasteiger partial charge in [-0.2, -0.15) is 5.10 Å². The molecule has 0 aromatic carbocycles. The Morgan fingerprint density at radius 1 is 1.38 bits per heavy atom. The van der Waals surface area contributed by atoms with Gasteiger partial charge in [0.2, 0.25) is 5.88 Å². The molecule has 0 bridgehead atoms. The van der Waals surface area contributed by atoms with E-state index in [-0.39, 0.29) is 0 Å². The first-order valence-corrected chi connectivity index (χ1v) is 5.55. The van der Waals surface area contributed by atoms with E-state index in [1.807, 2.05) is 27.8 Å². The molecule has 2 aromatic heterocycles. The number of pyridine rings is 1. The first kappa shape index (κ1) is 12.8. The van der Waals surface area contributed by atoms with E-state index in [0.717, 1.165) is 16.6 Å². The molecule has 88 valence electrons. The van der Waals surface area contributed by atoms with Crippen molar-refractivity contribution >= 4 is 22.5 Å². The quantitative estimate of drug-likeness (QED) is 0.721. The summed E-state index contributed by atoms with van der Waals surface area (Å²) in [4.78, 5) is 4.08. The third-order valence-corrected chi connectivity index (χ3v) is 2.33. The fraction of sp³-hybridized carbons (Fsp3) is 0.455. The van der Waals surface area contributed by atoms with Crippen molar-refractivity contribution in [3.8, 4) is 5.88 Å². The molecular weight excluding hydrogens is 226 g/mol. The van der Waals surface area contributed by atoms with Crippen LogP contribution in [0.1, 0.15) is 19.5 Å². The number of aromatic nitrogens is 3. The first-order chi connectivity index (χ1) is 7.63. The van der Waals surface area contributed by atoms with Gasteiger partial charge in [-0.05, 0) is 6.92 Å². The van der Waals surface area contributed by atoms with E-state index in [0.29, 0.717) is 11.0 Å². The van der Waals surface area contributed by atoms with Gasteiger partial charge in [-0.3, -0.25) is 4.68 Å². The summed E-state index contributed by atoms with van der Waals surface area (Å²) >= 11 is 5.85. The van der Waals surface area contributed by atoms with E-state index in [1.54, 1.807) is 17.9 Å². The molecule has 0 fully saturated rings. The average molecular weight is 242 g/mol. The largest absolute Gasteiger partial charge is 0.480 e. The minimum Gasteiger partial charge on any atom is -0.480 e. The SMILES string of the molecule is CC.COc1nc(Cl)cc2c1c(C)nn2C. The van der Waals surface area contributed by atoms with E-state index in [4.69, 9.17) is 16.3 Å². The molecule has 0 atom stereocenters. The van der Waals surface area contributed by atoms with Gasteiger partial charge >= 0.3 is 0 Å². The molecule has 0 saturated carbocycles. The van der Waals surface area contributed by atoms with Crippen LogP contribution < -0.4 is 4.74 Å². The number of ether oxygens (including phenoxy) is 1. The second kappa shape index (κ2) is 5.16. The van der Waals surface area contributed by atoms with E-state index in [9.17, 15) is 0 Å². The molecule has 0 unspecified atom stereocenters. The van der Waals surface area contributed by atoms with E-state index in [2.05, 4.69) is 10.1 Å². The van der Waals surface area contributed by atoms with Crippen LogP contribution in [0.25, 0.3) is 10.9 Å². The highest BCUT2D eigenvalue weighted by Gasteiger charge is 2.12.